The highest BCUT2D eigenvalue weighted by atomic mass is 16.5. The van der Waals surface area contributed by atoms with Gasteiger partial charge in [-0.1, -0.05) is 40.5 Å². The maximum atomic E-state index is 11.5. The number of aliphatic hydroxyl groups excluding tert-OH is 3. The molecule has 0 heterocycles. The summed E-state index contributed by atoms with van der Waals surface area (Å²) < 4.78 is 6.17. The van der Waals surface area contributed by atoms with Crippen molar-refractivity contribution in [3.8, 4) is 0 Å². The fourth-order valence-corrected chi connectivity index (χ4v) is 9.96. The molecule has 0 aromatic rings. The van der Waals surface area contributed by atoms with E-state index in [9.17, 15) is 20.4 Å². The molecule has 0 aliphatic heterocycles. The zero-order valence-corrected chi connectivity index (χ0v) is 24.7. The van der Waals surface area contributed by atoms with Crippen molar-refractivity contribution in [2.24, 2.45) is 51.8 Å². The Morgan fingerprint density at radius 1 is 0.865 bits per heavy atom. The third kappa shape index (κ3) is 5.69. The second-order valence-electron chi connectivity index (χ2n) is 15.5. The average molecular weight is 523 g/mol. The van der Waals surface area contributed by atoms with Crippen molar-refractivity contribution >= 4 is 0 Å². The first kappa shape index (κ1) is 29.8. The van der Waals surface area contributed by atoms with Crippen LogP contribution in [0.2, 0.25) is 0 Å². The van der Waals surface area contributed by atoms with Gasteiger partial charge in [0.2, 0.25) is 0 Å². The molecule has 5 nitrogen and oxygen atoms in total. The number of rotatable bonds is 10. The van der Waals surface area contributed by atoms with Crippen LogP contribution in [0.25, 0.3) is 0 Å². The number of hydrogen-bond donors (Lipinski definition) is 4. The molecule has 4 fully saturated rings. The van der Waals surface area contributed by atoms with Crippen molar-refractivity contribution in [3.63, 3.8) is 0 Å². The second kappa shape index (κ2) is 11.0. The van der Waals surface area contributed by atoms with Gasteiger partial charge in [0.15, 0.2) is 0 Å². The van der Waals surface area contributed by atoms with Gasteiger partial charge in [0, 0.05) is 5.41 Å². The van der Waals surface area contributed by atoms with Crippen LogP contribution in [0.3, 0.4) is 0 Å². The summed E-state index contributed by atoms with van der Waals surface area (Å²) in [6.45, 7) is 13.3. The molecule has 4 N–H and O–H groups in total. The van der Waals surface area contributed by atoms with Crippen molar-refractivity contribution in [1.82, 2.24) is 0 Å². The lowest BCUT2D eigenvalue weighted by Gasteiger charge is -2.62. The van der Waals surface area contributed by atoms with Crippen LogP contribution < -0.4 is 0 Å². The monoisotopic (exact) mass is 522 g/mol. The van der Waals surface area contributed by atoms with E-state index in [0.717, 1.165) is 55.8 Å². The number of ether oxygens (including phenoxy) is 1. The normalized spacial score (nSPS) is 43.1. The van der Waals surface area contributed by atoms with Gasteiger partial charge in [-0.2, -0.15) is 0 Å². The van der Waals surface area contributed by atoms with E-state index in [0.29, 0.717) is 11.3 Å². The van der Waals surface area contributed by atoms with Crippen LogP contribution in [0.4, 0.5) is 0 Å². The summed E-state index contributed by atoms with van der Waals surface area (Å²) in [7, 11) is 0. The highest BCUT2D eigenvalue weighted by molar-refractivity contribution is 5.11. The van der Waals surface area contributed by atoms with Crippen molar-refractivity contribution in [2.75, 3.05) is 19.8 Å². The number of fused-ring (bicyclic) bond motifs is 5. The minimum absolute atomic E-state index is 0.115. The third-order valence-corrected chi connectivity index (χ3v) is 12.3. The number of aliphatic hydroxyl groups is 4. The SMILES string of the molecule is C[C@H](CCCC(C)(C)O)[C@H]1CC[C@H]2[C@@H]3CC[C@H]4[C@@H](O)[C@@H](OCC(C)(CO)CO)CC[C@]4(C)[C@H]3CC[C@]12C. The average Bonchev–Trinajstić information content (AvgIpc) is 3.20. The van der Waals surface area contributed by atoms with Gasteiger partial charge in [-0.05, 0) is 118 Å². The van der Waals surface area contributed by atoms with E-state index in [1.165, 1.54) is 38.5 Å². The molecule has 216 valence electrons. The molecule has 4 saturated carbocycles. The van der Waals surface area contributed by atoms with Gasteiger partial charge in [0.05, 0.1) is 37.6 Å². The van der Waals surface area contributed by atoms with Crippen LogP contribution in [-0.4, -0.2) is 58.1 Å². The molecule has 0 spiro atoms. The van der Waals surface area contributed by atoms with Gasteiger partial charge < -0.3 is 25.2 Å². The molecule has 4 rings (SSSR count). The molecule has 0 aromatic heterocycles. The Morgan fingerprint density at radius 2 is 1.49 bits per heavy atom. The lowest BCUT2D eigenvalue weighted by Crippen LogP contribution is -2.59. The van der Waals surface area contributed by atoms with E-state index < -0.39 is 17.1 Å². The summed E-state index contributed by atoms with van der Waals surface area (Å²) in [5, 5.41) is 40.9. The second-order valence-corrected chi connectivity index (χ2v) is 15.5. The Bertz CT molecular complexity index is 759. The van der Waals surface area contributed by atoms with E-state index in [1.54, 1.807) is 0 Å². The lowest BCUT2D eigenvalue weighted by molar-refractivity contribution is -0.193. The molecule has 10 atom stereocenters. The van der Waals surface area contributed by atoms with E-state index in [1.807, 2.05) is 20.8 Å². The highest BCUT2D eigenvalue weighted by Gasteiger charge is 2.62. The molecular weight excluding hydrogens is 464 g/mol. The fourth-order valence-electron chi connectivity index (χ4n) is 9.96. The molecule has 0 unspecified atom stereocenters. The van der Waals surface area contributed by atoms with Gasteiger partial charge in [0.25, 0.3) is 0 Å². The van der Waals surface area contributed by atoms with Crippen molar-refractivity contribution < 1.29 is 25.2 Å². The first-order valence-electron chi connectivity index (χ1n) is 15.5. The van der Waals surface area contributed by atoms with Crippen LogP contribution in [0.15, 0.2) is 0 Å². The van der Waals surface area contributed by atoms with Crippen molar-refractivity contribution in [3.05, 3.63) is 0 Å². The molecule has 0 amide bonds. The molecule has 37 heavy (non-hydrogen) atoms. The molecule has 4 aliphatic rings. The lowest BCUT2D eigenvalue weighted by atomic mass is 9.44. The molecule has 0 bridgehead atoms. The molecule has 0 aromatic carbocycles. The third-order valence-electron chi connectivity index (χ3n) is 12.3. The van der Waals surface area contributed by atoms with E-state index in [4.69, 9.17) is 4.74 Å². The summed E-state index contributed by atoms with van der Waals surface area (Å²) >= 11 is 0. The van der Waals surface area contributed by atoms with E-state index in [2.05, 4.69) is 20.8 Å². The Hall–Kier alpha value is -0.200. The van der Waals surface area contributed by atoms with Gasteiger partial charge >= 0.3 is 0 Å². The highest BCUT2D eigenvalue weighted by Crippen LogP contribution is 2.68. The summed E-state index contributed by atoms with van der Waals surface area (Å²) in [4.78, 5) is 0. The summed E-state index contributed by atoms with van der Waals surface area (Å²) in [5.41, 5.74) is -0.593. The first-order valence-corrected chi connectivity index (χ1v) is 15.5. The smallest absolute Gasteiger partial charge is 0.0837 e. The summed E-state index contributed by atoms with van der Waals surface area (Å²) in [6, 6.07) is 0. The maximum absolute atomic E-state index is 11.5. The molecule has 0 radical (unpaired) electrons. The molecule has 4 aliphatic carbocycles. The molecule has 0 saturated heterocycles. The van der Waals surface area contributed by atoms with Crippen molar-refractivity contribution in [1.29, 1.82) is 0 Å². The molecule has 5 heteroatoms. The Morgan fingerprint density at radius 3 is 2.14 bits per heavy atom. The Kier molecular flexibility index (Phi) is 8.85. The molecular formula is C32H58O5. The van der Waals surface area contributed by atoms with E-state index in [-0.39, 0.29) is 37.3 Å². The number of hydrogen-bond acceptors (Lipinski definition) is 5. The minimum Gasteiger partial charge on any atom is -0.396 e. The largest absolute Gasteiger partial charge is 0.396 e. The predicted octanol–water partition coefficient (Wildman–Crippen LogP) is 5.57. The topological polar surface area (TPSA) is 90.2 Å². The maximum Gasteiger partial charge on any atom is 0.0837 e. The Labute approximate surface area is 226 Å². The van der Waals surface area contributed by atoms with Crippen LogP contribution in [0.5, 0.6) is 0 Å². The fraction of sp³-hybridized carbons (Fsp3) is 1.00. The quantitative estimate of drug-likeness (QED) is 0.301. The van der Waals surface area contributed by atoms with Crippen LogP contribution in [0.1, 0.15) is 112 Å². The van der Waals surface area contributed by atoms with Gasteiger partial charge in [0.1, 0.15) is 0 Å². The first-order chi connectivity index (χ1) is 17.3. The van der Waals surface area contributed by atoms with Gasteiger partial charge in [-0.3, -0.25) is 0 Å². The standard InChI is InChI=1S/C32H58O5/c1-21(8-7-15-29(2,3)36)23-11-12-24-22-9-10-26-28(35)27(37-20-30(4,18-33)19-34)14-17-32(26,6)25(22)13-16-31(23,24)5/h21-28,33-36H,7-20H2,1-6H3/t21-,22+,23-,24+,25+,26+,27+,28-,31-,32-/m1/s1. The van der Waals surface area contributed by atoms with Gasteiger partial charge in [-0.25, -0.2) is 0 Å². The van der Waals surface area contributed by atoms with Gasteiger partial charge in [-0.15, -0.1) is 0 Å². The zero-order valence-electron chi connectivity index (χ0n) is 24.7. The van der Waals surface area contributed by atoms with Crippen molar-refractivity contribution in [2.45, 2.75) is 130 Å². The summed E-state index contributed by atoms with van der Waals surface area (Å²) in [5.74, 6) is 4.09. The minimum atomic E-state index is -0.656. The summed E-state index contributed by atoms with van der Waals surface area (Å²) in [6.07, 6.45) is 12.2. The van der Waals surface area contributed by atoms with Crippen LogP contribution >= 0.6 is 0 Å². The zero-order chi connectivity index (χ0) is 27.2. The predicted molar refractivity (Wildman–Crippen MR) is 148 cm³/mol. The van der Waals surface area contributed by atoms with E-state index >= 15 is 0 Å². The van der Waals surface area contributed by atoms with Crippen LogP contribution in [0, 0.1) is 51.8 Å². The van der Waals surface area contributed by atoms with Crippen LogP contribution in [-0.2, 0) is 4.74 Å². The Balaban J connectivity index is 1.41.